The van der Waals surface area contributed by atoms with Gasteiger partial charge in [0.2, 0.25) is 0 Å². The number of fused-ring (bicyclic) bond motifs is 1. The second-order valence-corrected chi connectivity index (χ2v) is 7.11. The van der Waals surface area contributed by atoms with Gasteiger partial charge in [0.05, 0.1) is 11.2 Å². The van der Waals surface area contributed by atoms with Crippen molar-refractivity contribution in [1.82, 2.24) is 4.98 Å². The molecule has 1 unspecified atom stereocenters. The third kappa shape index (κ3) is 3.77. The van der Waals surface area contributed by atoms with Gasteiger partial charge in [-0.25, -0.2) is 4.98 Å². The molecule has 0 fully saturated rings. The van der Waals surface area contributed by atoms with E-state index in [0.717, 1.165) is 33.9 Å². The van der Waals surface area contributed by atoms with Gasteiger partial charge in [0.15, 0.2) is 0 Å². The Morgan fingerprint density at radius 3 is 2.63 bits per heavy atom. The minimum atomic E-state index is -0.0155. The lowest BCUT2D eigenvalue weighted by atomic mass is 9.88. The van der Waals surface area contributed by atoms with Crippen LogP contribution in [0, 0.1) is 5.41 Å². The van der Waals surface area contributed by atoms with Crippen LogP contribution in [0.15, 0.2) is 34.8 Å². The number of pyridine rings is 1. The molecule has 1 atom stereocenters. The fourth-order valence-electron chi connectivity index (χ4n) is 2.09. The van der Waals surface area contributed by atoms with Crippen LogP contribution < -0.4 is 5.73 Å². The van der Waals surface area contributed by atoms with Gasteiger partial charge in [0.1, 0.15) is 0 Å². The molecule has 0 aliphatic carbocycles. The quantitative estimate of drug-likeness (QED) is 0.880. The van der Waals surface area contributed by atoms with E-state index < -0.39 is 0 Å². The van der Waals surface area contributed by atoms with E-state index in [2.05, 4.69) is 48.8 Å². The third-order valence-corrected chi connectivity index (χ3v) is 3.90. The summed E-state index contributed by atoms with van der Waals surface area (Å²) in [5, 5.41) is 1.14. The minimum absolute atomic E-state index is 0.0155. The number of hydrogen-bond donors (Lipinski definition) is 1. The summed E-state index contributed by atoms with van der Waals surface area (Å²) in [5.41, 5.74) is 8.58. The van der Waals surface area contributed by atoms with Gasteiger partial charge in [-0.15, -0.1) is 0 Å². The highest BCUT2D eigenvalue weighted by atomic mass is 79.9. The van der Waals surface area contributed by atoms with Gasteiger partial charge >= 0.3 is 0 Å². The molecule has 2 aromatic rings. The number of rotatable bonds is 3. The van der Waals surface area contributed by atoms with Crippen molar-refractivity contribution in [1.29, 1.82) is 0 Å². The second kappa shape index (κ2) is 5.59. The van der Waals surface area contributed by atoms with E-state index in [0.29, 0.717) is 5.41 Å². The van der Waals surface area contributed by atoms with Gasteiger partial charge in [-0.1, -0.05) is 39.0 Å². The molecule has 0 saturated carbocycles. The van der Waals surface area contributed by atoms with Gasteiger partial charge < -0.3 is 5.73 Å². The van der Waals surface area contributed by atoms with E-state index in [-0.39, 0.29) is 6.04 Å². The van der Waals surface area contributed by atoms with Crippen molar-refractivity contribution in [3.8, 4) is 0 Å². The topological polar surface area (TPSA) is 38.9 Å². The lowest BCUT2D eigenvalue weighted by Gasteiger charge is -2.21. The van der Waals surface area contributed by atoms with Crippen LogP contribution in [0.1, 0.15) is 45.3 Å². The average molecular weight is 321 g/mol. The molecule has 1 aromatic heterocycles. The highest BCUT2D eigenvalue weighted by molar-refractivity contribution is 9.10. The monoisotopic (exact) mass is 320 g/mol. The standard InChI is InChI=1S/C16H21BrN2/c1-16(2,3)9-8-13(18)15-12(17)10-11-6-4-5-7-14(11)19-15/h4-7,10,13H,8-9,18H2,1-3H3. The molecular weight excluding hydrogens is 300 g/mol. The lowest BCUT2D eigenvalue weighted by Crippen LogP contribution is -2.16. The number of nitrogens with zero attached hydrogens (tertiary/aromatic N) is 1. The van der Waals surface area contributed by atoms with E-state index in [4.69, 9.17) is 10.7 Å². The Labute approximate surface area is 123 Å². The first kappa shape index (κ1) is 14.5. The van der Waals surface area contributed by atoms with Crippen LogP contribution in [0.4, 0.5) is 0 Å². The summed E-state index contributed by atoms with van der Waals surface area (Å²) in [4.78, 5) is 4.70. The van der Waals surface area contributed by atoms with Crippen molar-refractivity contribution < 1.29 is 0 Å². The molecule has 0 radical (unpaired) electrons. The largest absolute Gasteiger partial charge is 0.323 e. The number of benzene rings is 1. The summed E-state index contributed by atoms with van der Waals surface area (Å²) in [6.45, 7) is 6.72. The summed E-state index contributed by atoms with van der Waals surface area (Å²) < 4.78 is 1.01. The van der Waals surface area contributed by atoms with Crippen molar-refractivity contribution in [2.24, 2.45) is 11.1 Å². The van der Waals surface area contributed by atoms with Crippen LogP contribution in [0.3, 0.4) is 0 Å². The highest BCUT2D eigenvalue weighted by Crippen LogP contribution is 2.30. The summed E-state index contributed by atoms with van der Waals surface area (Å²) in [6.07, 6.45) is 2.04. The summed E-state index contributed by atoms with van der Waals surface area (Å²) in [6, 6.07) is 10.2. The molecular formula is C16H21BrN2. The zero-order chi connectivity index (χ0) is 14.0. The van der Waals surface area contributed by atoms with Crippen LogP contribution in [0.2, 0.25) is 0 Å². The first-order valence-electron chi connectivity index (χ1n) is 6.67. The second-order valence-electron chi connectivity index (χ2n) is 6.25. The number of halogens is 1. The van der Waals surface area contributed by atoms with Gasteiger partial charge in [0.25, 0.3) is 0 Å². The molecule has 1 aromatic carbocycles. The molecule has 1 heterocycles. The highest BCUT2D eigenvalue weighted by Gasteiger charge is 2.17. The van der Waals surface area contributed by atoms with E-state index in [1.807, 2.05) is 18.2 Å². The Balaban J connectivity index is 2.26. The minimum Gasteiger partial charge on any atom is -0.323 e. The number of hydrogen-bond acceptors (Lipinski definition) is 2. The predicted octanol–water partition coefficient (Wildman–Crippen LogP) is 4.82. The van der Waals surface area contributed by atoms with E-state index in [1.54, 1.807) is 0 Å². The maximum atomic E-state index is 6.30. The third-order valence-electron chi connectivity index (χ3n) is 3.26. The summed E-state index contributed by atoms with van der Waals surface area (Å²) in [7, 11) is 0. The molecule has 0 saturated heterocycles. The molecule has 19 heavy (non-hydrogen) atoms. The SMILES string of the molecule is CC(C)(C)CCC(N)c1nc2ccccc2cc1Br. The van der Waals surface area contributed by atoms with Gasteiger partial charge in [-0.05, 0) is 46.3 Å². The van der Waals surface area contributed by atoms with E-state index >= 15 is 0 Å². The van der Waals surface area contributed by atoms with E-state index in [1.165, 1.54) is 0 Å². The molecule has 2 rings (SSSR count). The van der Waals surface area contributed by atoms with Crippen LogP contribution in [0.5, 0.6) is 0 Å². The Morgan fingerprint density at radius 1 is 1.26 bits per heavy atom. The smallest absolute Gasteiger partial charge is 0.0720 e. The van der Waals surface area contributed by atoms with Crippen LogP contribution in [0.25, 0.3) is 10.9 Å². The van der Waals surface area contributed by atoms with Crippen LogP contribution >= 0.6 is 15.9 Å². The fourth-order valence-corrected chi connectivity index (χ4v) is 2.72. The first-order valence-corrected chi connectivity index (χ1v) is 7.47. The Hall–Kier alpha value is -0.930. The number of para-hydroxylation sites is 1. The molecule has 0 aliphatic heterocycles. The normalized spacial score (nSPS) is 13.7. The van der Waals surface area contributed by atoms with Gasteiger partial charge in [0, 0.05) is 15.9 Å². The zero-order valence-electron chi connectivity index (χ0n) is 11.8. The first-order chi connectivity index (χ1) is 8.87. The number of aromatic nitrogens is 1. The van der Waals surface area contributed by atoms with Crippen LogP contribution in [-0.4, -0.2) is 4.98 Å². The van der Waals surface area contributed by atoms with E-state index in [9.17, 15) is 0 Å². The maximum absolute atomic E-state index is 6.30. The molecule has 0 spiro atoms. The molecule has 0 bridgehead atoms. The molecule has 3 heteroatoms. The Kier molecular flexibility index (Phi) is 4.26. The molecule has 2 nitrogen and oxygen atoms in total. The summed E-state index contributed by atoms with van der Waals surface area (Å²) in [5.74, 6) is 0. The van der Waals surface area contributed by atoms with Gasteiger partial charge in [-0.3, -0.25) is 0 Å². The summed E-state index contributed by atoms with van der Waals surface area (Å²) >= 11 is 3.60. The molecule has 2 N–H and O–H groups in total. The average Bonchev–Trinajstić information content (AvgIpc) is 2.34. The Morgan fingerprint density at radius 2 is 1.95 bits per heavy atom. The van der Waals surface area contributed by atoms with Crippen molar-refractivity contribution in [2.75, 3.05) is 0 Å². The van der Waals surface area contributed by atoms with Crippen molar-refractivity contribution >= 4 is 26.8 Å². The predicted molar refractivity (Wildman–Crippen MR) is 85.1 cm³/mol. The zero-order valence-corrected chi connectivity index (χ0v) is 13.4. The van der Waals surface area contributed by atoms with Crippen molar-refractivity contribution in [3.05, 3.63) is 40.5 Å². The lowest BCUT2D eigenvalue weighted by molar-refractivity contribution is 0.348. The Bertz CT molecular complexity index is 572. The number of nitrogens with two attached hydrogens (primary N) is 1. The fraction of sp³-hybridized carbons (Fsp3) is 0.438. The van der Waals surface area contributed by atoms with Crippen molar-refractivity contribution in [3.63, 3.8) is 0 Å². The maximum Gasteiger partial charge on any atom is 0.0720 e. The molecule has 102 valence electrons. The van der Waals surface area contributed by atoms with Crippen LogP contribution in [-0.2, 0) is 0 Å². The molecule has 0 amide bonds. The molecule has 0 aliphatic rings. The van der Waals surface area contributed by atoms with Crippen molar-refractivity contribution in [2.45, 2.75) is 39.7 Å². The van der Waals surface area contributed by atoms with Gasteiger partial charge in [-0.2, -0.15) is 0 Å².